The molecule has 0 aliphatic heterocycles. The first kappa shape index (κ1) is 20.9. The van der Waals surface area contributed by atoms with Crippen LogP contribution in [0.5, 0.6) is 5.75 Å². The van der Waals surface area contributed by atoms with Crippen LogP contribution in [-0.2, 0) is 17.3 Å². The first-order valence-corrected chi connectivity index (χ1v) is 9.65. The quantitative estimate of drug-likeness (QED) is 0.586. The number of rotatable bonds is 6. The molecular weight excluding hydrogens is 416 g/mol. The fraction of sp³-hybridized carbons (Fsp3) is 0.235. The summed E-state index contributed by atoms with van der Waals surface area (Å²) in [5.74, 6) is -1.39. The maximum Gasteiger partial charge on any atom is 0.422 e. The van der Waals surface area contributed by atoms with Gasteiger partial charge in [0, 0.05) is 25.0 Å². The molecule has 3 rings (SSSR count). The van der Waals surface area contributed by atoms with E-state index in [1.165, 1.54) is 36.0 Å². The van der Waals surface area contributed by atoms with Gasteiger partial charge in [0.05, 0.1) is 5.52 Å². The maximum atomic E-state index is 14.1. The van der Waals surface area contributed by atoms with Crippen molar-refractivity contribution < 1.29 is 30.7 Å². The molecule has 0 radical (unpaired) electrons. The highest BCUT2D eigenvalue weighted by Crippen LogP contribution is 2.36. The highest BCUT2D eigenvalue weighted by atomic mass is 32.2. The Labute approximate surface area is 163 Å². The molecule has 29 heavy (non-hydrogen) atoms. The molecule has 3 aromatic rings. The molecule has 0 atom stereocenters. The maximum absolute atomic E-state index is 14.1. The highest BCUT2D eigenvalue weighted by molar-refractivity contribution is 7.90. The van der Waals surface area contributed by atoms with Gasteiger partial charge in [0.15, 0.2) is 24.0 Å². The lowest BCUT2D eigenvalue weighted by Gasteiger charge is -2.14. The molecule has 1 aromatic heterocycles. The van der Waals surface area contributed by atoms with Gasteiger partial charge in [-0.2, -0.15) is 26.7 Å². The van der Waals surface area contributed by atoms with Gasteiger partial charge in [-0.3, -0.25) is 9.40 Å². The number of para-hydroxylation sites is 1. The van der Waals surface area contributed by atoms with Crippen LogP contribution in [0.4, 0.5) is 23.4 Å². The van der Waals surface area contributed by atoms with Crippen molar-refractivity contribution in [2.45, 2.75) is 6.18 Å². The lowest BCUT2D eigenvalue weighted by Crippen LogP contribution is -2.26. The minimum absolute atomic E-state index is 0.0659. The molecule has 0 saturated heterocycles. The van der Waals surface area contributed by atoms with Crippen molar-refractivity contribution in [2.75, 3.05) is 18.4 Å². The summed E-state index contributed by atoms with van der Waals surface area (Å²) in [6.07, 6.45) is -4.62. The Morgan fingerprint density at radius 3 is 2.59 bits per heavy atom. The van der Waals surface area contributed by atoms with Gasteiger partial charge < -0.3 is 4.74 Å². The van der Waals surface area contributed by atoms with Crippen LogP contribution in [0, 0.1) is 5.82 Å². The molecule has 12 heteroatoms. The van der Waals surface area contributed by atoms with E-state index in [1.54, 1.807) is 13.1 Å². The fourth-order valence-corrected chi connectivity index (χ4v) is 3.22. The Morgan fingerprint density at radius 2 is 1.93 bits per heavy atom. The Morgan fingerprint density at radius 1 is 1.21 bits per heavy atom. The molecule has 2 aromatic carbocycles. The van der Waals surface area contributed by atoms with Crippen LogP contribution in [0.25, 0.3) is 22.0 Å². The van der Waals surface area contributed by atoms with Crippen molar-refractivity contribution in [3.63, 3.8) is 0 Å². The summed E-state index contributed by atoms with van der Waals surface area (Å²) in [5, 5.41) is 4.55. The van der Waals surface area contributed by atoms with E-state index in [9.17, 15) is 26.0 Å². The lowest BCUT2D eigenvalue weighted by molar-refractivity contribution is -0.153. The van der Waals surface area contributed by atoms with Crippen molar-refractivity contribution in [1.29, 1.82) is 0 Å². The molecule has 2 N–H and O–H groups in total. The third kappa shape index (κ3) is 4.59. The summed E-state index contributed by atoms with van der Waals surface area (Å²) in [6, 6.07) is 8.37. The number of hydrogen-bond acceptors (Lipinski definition) is 4. The summed E-state index contributed by atoms with van der Waals surface area (Å²) < 4.78 is 85.6. The SMILES string of the molecule is CNS(=O)(=O)Nc1nn(C)c2cc(-c3cccc(F)c3OCC(F)(F)F)ccc12. The first-order chi connectivity index (χ1) is 13.5. The van der Waals surface area contributed by atoms with Crippen molar-refractivity contribution in [3.05, 3.63) is 42.2 Å². The molecule has 0 unspecified atom stereocenters. The van der Waals surface area contributed by atoms with Crippen LogP contribution >= 0.6 is 0 Å². The van der Waals surface area contributed by atoms with Crippen LogP contribution in [0.15, 0.2) is 36.4 Å². The van der Waals surface area contributed by atoms with Crippen LogP contribution in [-0.4, -0.2) is 38.0 Å². The topological polar surface area (TPSA) is 85.3 Å². The molecule has 0 aliphatic rings. The Hall–Kier alpha value is -2.86. The van der Waals surface area contributed by atoms with Crippen molar-refractivity contribution >= 4 is 26.9 Å². The van der Waals surface area contributed by atoms with E-state index in [1.807, 2.05) is 0 Å². The van der Waals surface area contributed by atoms with E-state index in [2.05, 4.69) is 14.5 Å². The number of ether oxygens (including phenoxy) is 1. The van der Waals surface area contributed by atoms with E-state index in [-0.39, 0.29) is 11.4 Å². The van der Waals surface area contributed by atoms with E-state index >= 15 is 0 Å². The molecule has 0 fully saturated rings. The number of aromatic nitrogens is 2. The van der Waals surface area contributed by atoms with Crippen molar-refractivity contribution in [3.8, 4) is 16.9 Å². The summed E-state index contributed by atoms with van der Waals surface area (Å²) in [5.41, 5.74) is 0.970. The van der Waals surface area contributed by atoms with Gasteiger partial charge in [0.2, 0.25) is 0 Å². The molecule has 156 valence electrons. The lowest BCUT2D eigenvalue weighted by atomic mass is 10.0. The summed E-state index contributed by atoms with van der Waals surface area (Å²) in [4.78, 5) is 0. The van der Waals surface area contributed by atoms with Crippen LogP contribution in [0.3, 0.4) is 0 Å². The van der Waals surface area contributed by atoms with Gasteiger partial charge >= 0.3 is 6.18 Å². The number of fused-ring (bicyclic) bond motifs is 1. The molecule has 1 heterocycles. The average Bonchev–Trinajstić information content (AvgIpc) is 2.94. The highest BCUT2D eigenvalue weighted by Gasteiger charge is 2.29. The third-order valence-electron chi connectivity index (χ3n) is 4.01. The zero-order valence-corrected chi connectivity index (χ0v) is 16.0. The zero-order valence-electron chi connectivity index (χ0n) is 15.2. The largest absolute Gasteiger partial charge is 0.480 e. The number of aryl methyl sites for hydroxylation is 1. The number of nitrogens with zero attached hydrogens (tertiary/aromatic N) is 2. The molecule has 0 aliphatic carbocycles. The van der Waals surface area contributed by atoms with E-state index in [0.717, 1.165) is 6.07 Å². The Balaban J connectivity index is 2.06. The Kier molecular flexibility index (Phi) is 5.41. The summed E-state index contributed by atoms with van der Waals surface area (Å²) in [6.45, 7) is -1.63. The fourth-order valence-electron chi connectivity index (χ4n) is 2.72. The van der Waals surface area contributed by atoms with Gasteiger partial charge in [0.1, 0.15) is 0 Å². The molecule has 7 nitrogen and oxygen atoms in total. The molecule has 0 spiro atoms. The summed E-state index contributed by atoms with van der Waals surface area (Å²) in [7, 11) is -0.999. The van der Waals surface area contributed by atoms with Gasteiger partial charge in [-0.25, -0.2) is 9.11 Å². The van der Waals surface area contributed by atoms with Gasteiger partial charge in [-0.05, 0) is 23.8 Å². The smallest absolute Gasteiger partial charge is 0.422 e. The minimum atomic E-state index is -4.62. The van der Waals surface area contributed by atoms with Crippen LogP contribution < -0.4 is 14.2 Å². The number of hydrogen-bond donors (Lipinski definition) is 2. The average molecular weight is 432 g/mol. The molecule has 0 bridgehead atoms. The molecule has 0 amide bonds. The van der Waals surface area contributed by atoms with E-state index in [0.29, 0.717) is 16.5 Å². The number of anilines is 1. The van der Waals surface area contributed by atoms with Gasteiger partial charge in [-0.1, -0.05) is 18.2 Å². The van der Waals surface area contributed by atoms with Crippen LogP contribution in [0.2, 0.25) is 0 Å². The predicted molar refractivity (Wildman–Crippen MR) is 99.3 cm³/mol. The minimum Gasteiger partial charge on any atom is -0.480 e. The molecular formula is C17H16F4N4O3S. The molecule has 0 saturated carbocycles. The van der Waals surface area contributed by atoms with E-state index in [4.69, 9.17) is 4.74 Å². The number of halogens is 4. The predicted octanol–water partition coefficient (Wildman–Crippen LogP) is 3.20. The second-order valence-corrected chi connectivity index (χ2v) is 7.65. The van der Waals surface area contributed by atoms with Crippen molar-refractivity contribution in [1.82, 2.24) is 14.5 Å². The summed E-state index contributed by atoms with van der Waals surface area (Å²) >= 11 is 0. The second kappa shape index (κ2) is 7.52. The number of benzene rings is 2. The van der Waals surface area contributed by atoms with Gasteiger partial charge in [-0.15, -0.1) is 0 Å². The van der Waals surface area contributed by atoms with Crippen LogP contribution in [0.1, 0.15) is 0 Å². The number of nitrogens with one attached hydrogen (secondary N) is 2. The normalized spacial score (nSPS) is 12.3. The van der Waals surface area contributed by atoms with Gasteiger partial charge in [0.25, 0.3) is 10.2 Å². The Bertz CT molecular complexity index is 1160. The number of alkyl halides is 3. The third-order valence-corrected chi connectivity index (χ3v) is 5.01. The van der Waals surface area contributed by atoms with Crippen molar-refractivity contribution in [2.24, 2.45) is 7.05 Å². The first-order valence-electron chi connectivity index (χ1n) is 8.17. The zero-order chi connectivity index (χ0) is 21.4. The standard InChI is InChI=1S/C17H16F4N4O3S/c1-22-29(26,27)24-16-12-7-6-10(8-14(12)25(2)23-16)11-4-3-5-13(18)15(11)28-9-17(19,20)21/h3-8,22H,9H2,1-2H3,(H,23,24). The second-order valence-electron chi connectivity index (χ2n) is 6.03. The van der Waals surface area contributed by atoms with E-state index < -0.39 is 34.6 Å². The monoisotopic (exact) mass is 432 g/mol.